The van der Waals surface area contributed by atoms with Crippen LogP contribution in [0.3, 0.4) is 0 Å². The maximum atomic E-state index is 12.4. The summed E-state index contributed by atoms with van der Waals surface area (Å²) in [5, 5.41) is 0. The van der Waals surface area contributed by atoms with E-state index >= 15 is 0 Å². The molecule has 1 aliphatic heterocycles. The van der Waals surface area contributed by atoms with Gasteiger partial charge in [-0.25, -0.2) is 4.98 Å². The van der Waals surface area contributed by atoms with Gasteiger partial charge < -0.3 is 14.4 Å². The largest absolute Gasteiger partial charge is 0.484 e. The topological polar surface area (TPSA) is 64.5 Å². The number of nitrogens with zero attached hydrogens (tertiary/aromatic N) is 3. The van der Waals surface area contributed by atoms with Crippen molar-refractivity contribution in [3.63, 3.8) is 0 Å². The summed E-state index contributed by atoms with van der Waals surface area (Å²) < 4.78 is 11.6. The van der Waals surface area contributed by atoms with Crippen LogP contribution in [0, 0.1) is 20.8 Å². The lowest BCUT2D eigenvalue weighted by Crippen LogP contribution is -2.43. The number of benzene rings is 1. The second-order valence-electron chi connectivity index (χ2n) is 6.70. The third-order valence-corrected chi connectivity index (χ3v) is 4.38. The lowest BCUT2D eigenvalue weighted by molar-refractivity contribution is -0.135. The summed E-state index contributed by atoms with van der Waals surface area (Å²) in [5.41, 5.74) is 2.01. The zero-order valence-electron chi connectivity index (χ0n) is 15.6. The van der Waals surface area contributed by atoms with Gasteiger partial charge in [-0.15, -0.1) is 0 Å². The molecule has 1 aromatic carbocycles. The monoisotopic (exact) mass is 355 g/mol. The van der Waals surface area contributed by atoms with Crippen molar-refractivity contribution in [2.75, 3.05) is 19.7 Å². The van der Waals surface area contributed by atoms with Gasteiger partial charge in [-0.3, -0.25) is 4.79 Å². The van der Waals surface area contributed by atoms with E-state index in [2.05, 4.69) is 9.97 Å². The molecule has 2 aromatic rings. The number of aryl methyl sites for hydroxylation is 3. The van der Waals surface area contributed by atoms with Crippen molar-refractivity contribution in [1.82, 2.24) is 14.9 Å². The minimum atomic E-state index is 0.0127. The quantitative estimate of drug-likeness (QED) is 0.825. The Balaban J connectivity index is 1.46. The van der Waals surface area contributed by atoms with E-state index in [1.165, 1.54) is 0 Å². The molecule has 0 atom stereocenters. The van der Waals surface area contributed by atoms with E-state index < -0.39 is 0 Å². The molecule has 6 nitrogen and oxygen atoms in total. The van der Waals surface area contributed by atoms with Crippen LogP contribution in [0.1, 0.15) is 29.9 Å². The van der Waals surface area contributed by atoms with E-state index in [1.54, 1.807) is 0 Å². The van der Waals surface area contributed by atoms with Gasteiger partial charge in [0, 0.05) is 37.7 Å². The average Bonchev–Trinajstić information content (AvgIpc) is 2.59. The molecule has 0 bridgehead atoms. The predicted molar refractivity (Wildman–Crippen MR) is 98.4 cm³/mol. The summed E-state index contributed by atoms with van der Waals surface area (Å²) in [7, 11) is 0. The molecule has 1 aromatic heterocycles. The van der Waals surface area contributed by atoms with Gasteiger partial charge in [0.2, 0.25) is 5.88 Å². The van der Waals surface area contributed by atoms with E-state index in [1.807, 2.05) is 56.0 Å². The number of aromatic nitrogens is 2. The molecule has 0 aliphatic carbocycles. The van der Waals surface area contributed by atoms with Crippen LogP contribution >= 0.6 is 0 Å². The van der Waals surface area contributed by atoms with Crippen LogP contribution in [0.2, 0.25) is 0 Å². The molecule has 1 amide bonds. The molecule has 0 radical (unpaired) electrons. The Labute approximate surface area is 154 Å². The van der Waals surface area contributed by atoms with Gasteiger partial charge in [0.1, 0.15) is 17.7 Å². The van der Waals surface area contributed by atoms with Gasteiger partial charge >= 0.3 is 0 Å². The summed E-state index contributed by atoms with van der Waals surface area (Å²) in [6.45, 7) is 7.19. The van der Waals surface area contributed by atoms with Gasteiger partial charge in [0.05, 0.1) is 0 Å². The zero-order valence-corrected chi connectivity index (χ0v) is 15.6. The number of carbonyl (C=O) groups excluding carboxylic acids is 1. The van der Waals surface area contributed by atoms with Crippen molar-refractivity contribution in [2.45, 2.75) is 39.7 Å². The maximum Gasteiger partial charge on any atom is 0.260 e. The number of ether oxygens (including phenoxy) is 2. The molecule has 138 valence electrons. The smallest absolute Gasteiger partial charge is 0.260 e. The Hall–Kier alpha value is -2.63. The first-order chi connectivity index (χ1) is 12.5. The van der Waals surface area contributed by atoms with Crippen LogP contribution < -0.4 is 9.47 Å². The minimum absolute atomic E-state index is 0.0127. The molecule has 6 heteroatoms. The molecule has 1 saturated heterocycles. The number of amides is 1. The van der Waals surface area contributed by atoms with Gasteiger partial charge in [-0.05, 0) is 38.5 Å². The molecule has 3 rings (SSSR count). The highest BCUT2D eigenvalue weighted by atomic mass is 16.5. The first-order valence-electron chi connectivity index (χ1n) is 8.96. The Morgan fingerprint density at radius 3 is 2.62 bits per heavy atom. The Morgan fingerprint density at radius 2 is 1.92 bits per heavy atom. The zero-order chi connectivity index (χ0) is 18.5. The summed E-state index contributed by atoms with van der Waals surface area (Å²) in [6.07, 6.45) is 1.65. The molecule has 0 spiro atoms. The molecule has 0 unspecified atom stereocenters. The molecule has 1 fully saturated rings. The van der Waals surface area contributed by atoms with Crippen LogP contribution in [-0.4, -0.2) is 46.6 Å². The number of hydrogen-bond donors (Lipinski definition) is 0. The third-order valence-electron chi connectivity index (χ3n) is 4.38. The molecule has 0 saturated carbocycles. The maximum absolute atomic E-state index is 12.4. The van der Waals surface area contributed by atoms with Crippen LogP contribution in [0.25, 0.3) is 0 Å². The lowest BCUT2D eigenvalue weighted by Gasteiger charge is -2.32. The SMILES string of the molecule is Cc1cccc(OCC(=O)N2CCC(Oc3cc(C)nc(C)n3)CC2)c1. The Bertz CT molecular complexity index is 750. The van der Waals surface area contributed by atoms with E-state index in [0.29, 0.717) is 24.8 Å². The number of carbonyl (C=O) groups is 1. The molecule has 2 heterocycles. The Morgan fingerprint density at radius 1 is 1.15 bits per heavy atom. The van der Waals surface area contributed by atoms with Gasteiger partial charge in [-0.2, -0.15) is 4.98 Å². The van der Waals surface area contributed by atoms with E-state index in [0.717, 1.165) is 29.8 Å². The van der Waals surface area contributed by atoms with Gasteiger partial charge in [0.25, 0.3) is 5.91 Å². The van der Waals surface area contributed by atoms with Gasteiger partial charge in [-0.1, -0.05) is 12.1 Å². The minimum Gasteiger partial charge on any atom is -0.484 e. The van der Waals surface area contributed by atoms with Crippen molar-refractivity contribution in [3.8, 4) is 11.6 Å². The number of piperidine rings is 1. The van der Waals surface area contributed by atoms with Crippen molar-refractivity contribution in [3.05, 3.63) is 47.4 Å². The predicted octanol–water partition coefficient (Wildman–Crippen LogP) is 2.85. The van der Waals surface area contributed by atoms with Crippen molar-refractivity contribution < 1.29 is 14.3 Å². The third kappa shape index (κ3) is 4.94. The number of rotatable bonds is 5. The van der Waals surface area contributed by atoms with Crippen LogP contribution in [0.4, 0.5) is 0 Å². The highest BCUT2D eigenvalue weighted by Gasteiger charge is 2.24. The second kappa shape index (κ2) is 8.17. The molecule has 26 heavy (non-hydrogen) atoms. The van der Waals surface area contributed by atoms with Crippen molar-refractivity contribution in [2.24, 2.45) is 0 Å². The van der Waals surface area contributed by atoms with Crippen molar-refractivity contribution in [1.29, 1.82) is 0 Å². The van der Waals surface area contributed by atoms with E-state index in [9.17, 15) is 4.79 Å². The lowest BCUT2D eigenvalue weighted by atomic mass is 10.1. The average molecular weight is 355 g/mol. The number of likely N-dealkylation sites (tertiary alicyclic amines) is 1. The summed E-state index contributed by atoms with van der Waals surface area (Å²) in [6, 6.07) is 9.57. The summed E-state index contributed by atoms with van der Waals surface area (Å²) in [5.74, 6) is 2.06. The Kier molecular flexibility index (Phi) is 5.71. The van der Waals surface area contributed by atoms with Crippen LogP contribution in [0.15, 0.2) is 30.3 Å². The highest BCUT2D eigenvalue weighted by Crippen LogP contribution is 2.19. The highest BCUT2D eigenvalue weighted by molar-refractivity contribution is 5.77. The second-order valence-corrected chi connectivity index (χ2v) is 6.70. The van der Waals surface area contributed by atoms with E-state index in [-0.39, 0.29) is 18.6 Å². The fourth-order valence-electron chi connectivity index (χ4n) is 3.08. The van der Waals surface area contributed by atoms with Crippen molar-refractivity contribution >= 4 is 5.91 Å². The van der Waals surface area contributed by atoms with Crippen LogP contribution in [0.5, 0.6) is 11.6 Å². The fraction of sp³-hybridized carbons (Fsp3) is 0.450. The van der Waals surface area contributed by atoms with Gasteiger partial charge in [0.15, 0.2) is 6.61 Å². The van der Waals surface area contributed by atoms with Crippen LogP contribution in [-0.2, 0) is 4.79 Å². The summed E-state index contributed by atoms with van der Waals surface area (Å²) in [4.78, 5) is 22.8. The standard InChI is InChI=1S/C20H25N3O3/c1-14-5-4-6-18(11-14)25-13-20(24)23-9-7-17(8-10-23)26-19-12-15(2)21-16(3)22-19/h4-6,11-12,17H,7-10,13H2,1-3H3. The number of hydrogen-bond acceptors (Lipinski definition) is 5. The van der Waals surface area contributed by atoms with E-state index in [4.69, 9.17) is 9.47 Å². The molecular weight excluding hydrogens is 330 g/mol. The molecule has 1 aliphatic rings. The first-order valence-corrected chi connectivity index (χ1v) is 8.96. The first kappa shape index (κ1) is 18.2. The summed E-state index contributed by atoms with van der Waals surface area (Å²) >= 11 is 0. The molecule has 0 N–H and O–H groups in total. The fourth-order valence-corrected chi connectivity index (χ4v) is 3.08. The normalized spacial score (nSPS) is 15.0. The molecular formula is C20H25N3O3.